The van der Waals surface area contributed by atoms with Gasteiger partial charge in [0, 0.05) is 33.6 Å². The highest BCUT2D eigenvalue weighted by molar-refractivity contribution is 9.10. The summed E-state index contributed by atoms with van der Waals surface area (Å²) in [6.45, 7) is 2.48. The van der Waals surface area contributed by atoms with Gasteiger partial charge in [0.05, 0.1) is 5.69 Å². The fourth-order valence-corrected chi connectivity index (χ4v) is 6.20. The number of thioether (sulfide) groups is 1. The van der Waals surface area contributed by atoms with Crippen LogP contribution in [0.25, 0.3) is 0 Å². The van der Waals surface area contributed by atoms with Crippen LogP contribution in [0.2, 0.25) is 0 Å². The first-order valence-electron chi connectivity index (χ1n) is 6.40. The lowest BCUT2D eigenvalue weighted by Gasteiger charge is -2.37. The summed E-state index contributed by atoms with van der Waals surface area (Å²) in [4.78, 5) is 2.03. The zero-order valence-corrected chi connectivity index (χ0v) is 16.0. The molecule has 1 atom stereocenters. The number of rotatable bonds is 4. The quantitative estimate of drug-likeness (QED) is 0.666. The van der Waals surface area contributed by atoms with Gasteiger partial charge in [-0.1, -0.05) is 28.9 Å². The first kappa shape index (κ1) is 16.6. The second-order valence-corrected chi connectivity index (χ2v) is 9.61. The molecule has 3 nitrogen and oxygen atoms in total. The molecule has 0 N–H and O–H groups in total. The summed E-state index contributed by atoms with van der Waals surface area (Å²) in [5.41, 5.74) is 2.14. The third kappa shape index (κ3) is 3.54. The summed E-state index contributed by atoms with van der Waals surface area (Å²) in [6.07, 6.45) is 0. The molecule has 0 aliphatic carbocycles. The molecule has 1 aliphatic rings. The second-order valence-electron chi connectivity index (χ2n) is 4.59. The summed E-state index contributed by atoms with van der Waals surface area (Å²) >= 11 is 8.72. The normalized spacial score (nSPS) is 20.1. The van der Waals surface area contributed by atoms with E-state index in [1.165, 1.54) is 5.56 Å². The van der Waals surface area contributed by atoms with Gasteiger partial charge >= 0.3 is 0 Å². The predicted molar refractivity (Wildman–Crippen MR) is 94.7 cm³/mol. The van der Waals surface area contributed by atoms with Gasteiger partial charge in [-0.2, -0.15) is 11.8 Å². The van der Waals surface area contributed by atoms with E-state index >= 15 is 0 Å². The van der Waals surface area contributed by atoms with Crippen LogP contribution in [-0.2, 0) is 15.2 Å². The Morgan fingerprint density at radius 2 is 2.20 bits per heavy atom. The summed E-state index contributed by atoms with van der Waals surface area (Å²) in [7, 11) is -3.08. The fraction of sp³-hybridized carbons (Fsp3) is 0.538. The van der Waals surface area contributed by atoms with Crippen molar-refractivity contribution in [1.82, 2.24) is 0 Å². The largest absolute Gasteiger partial charge is 0.353 e. The molecule has 2 rings (SSSR count). The van der Waals surface area contributed by atoms with Gasteiger partial charge in [-0.05, 0) is 33.6 Å². The van der Waals surface area contributed by atoms with Gasteiger partial charge in [-0.25, -0.2) is 8.42 Å². The SMILES string of the molecule is CCS(=O)(=O)C1CSCCN1c1ccc(CBr)cc1Br. The molecule has 1 fully saturated rings. The average Bonchev–Trinajstić information content (AvgIpc) is 2.47. The molecule has 1 aromatic carbocycles. The Hall–Kier alpha value is 0.280. The van der Waals surface area contributed by atoms with Crippen LogP contribution < -0.4 is 4.90 Å². The lowest BCUT2D eigenvalue weighted by molar-refractivity contribution is 0.579. The van der Waals surface area contributed by atoms with Gasteiger partial charge in [0.15, 0.2) is 9.84 Å². The van der Waals surface area contributed by atoms with Crippen LogP contribution in [0.4, 0.5) is 5.69 Å². The Balaban J connectivity index is 2.38. The van der Waals surface area contributed by atoms with Crippen LogP contribution in [0.15, 0.2) is 22.7 Å². The van der Waals surface area contributed by atoms with E-state index in [1.54, 1.807) is 18.7 Å². The molecule has 1 heterocycles. The molecule has 0 saturated carbocycles. The number of alkyl halides is 1. The molecule has 0 bridgehead atoms. The number of halogens is 2. The summed E-state index contributed by atoms with van der Waals surface area (Å²) < 4.78 is 25.5. The molecule has 20 heavy (non-hydrogen) atoms. The van der Waals surface area contributed by atoms with Gasteiger partial charge in [0.2, 0.25) is 0 Å². The topological polar surface area (TPSA) is 37.4 Å². The number of sulfone groups is 1. The highest BCUT2D eigenvalue weighted by Crippen LogP contribution is 2.33. The fourth-order valence-electron chi connectivity index (χ4n) is 2.21. The number of nitrogens with zero attached hydrogens (tertiary/aromatic N) is 1. The highest BCUT2D eigenvalue weighted by Gasteiger charge is 2.33. The predicted octanol–water partition coefficient (Wildman–Crippen LogP) is 3.66. The number of anilines is 1. The molecule has 0 spiro atoms. The maximum Gasteiger partial charge on any atom is 0.171 e. The Morgan fingerprint density at radius 3 is 2.80 bits per heavy atom. The maximum absolute atomic E-state index is 12.3. The van der Waals surface area contributed by atoms with Crippen LogP contribution in [-0.4, -0.2) is 37.6 Å². The van der Waals surface area contributed by atoms with E-state index in [2.05, 4.69) is 31.9 Å². The summed E-state index contributed by atoms with van der Waals surface area (Å²) in [6, 6.07) is 6.09. The Morgan fingerprint density at radius 1 is 1.45 bits per heavy atom. The van der Waals surface area contributed by atoms with Crippen molar-refractivity contribution in [2.24, 2.45) is 0 Å². The smallest absolute Gasteiger partial charge is 0.171 e. The zero-order chi connectivity index (χ0) is 14.8. The van der Waals surface area contributed by atoms with E-state index in [0.717, 1.165) is 27.8 Å². The van der Waals surface area contributed by atoms with E-state index in [9.17, 15) is 8.42 Å². The van der Waals surface area contributed by atoms with Crippen LogP contribution in [0.3, 0.4) is 0 Å². The molecule has 1 aliphatic heterocycles. The zero-order valence-electron chi connectivity index (χ0n) is 11.2. The second kappa shape index (κ2) is 7.03. The van der Waals surface area contributed by atoms with Crippen molar-refractivity contribution in [3.05, 3.63) is 28.2 Å². The maximum atomic E-state index is 12.3. The van der Waals surface area contributed by atoms with E-state index in [-0.39, 0.29) is 5.75 Å². The first-order valence-corrected chi connectivity index (χ1v) is 11.2. The lowest BCUT2D eigenvalue weighted by Crippen LogP contribution is -2.48. The van der Waals surface area contributed by atoms with Crippen LogP contribution in [0, 0.1) is 0 Å². The molecular formula is C13H17Br2NO2S2. The van der Waals surface area contributed by atoms with Crippen molar-refractivity contribution in [2.45, 2.75) is 17.6 Å². The molecule has 1 unspecified atom stereocenters. The number of hydrogen-bond acceptors (Lipinski definition) is 4. The van der Waals surface area contributed by atoms with Crippen molar-refractivity contribution >= 4 is 59.1 Å². The minimum Gasteiger partial charge on any atom is -0.353 e. The van der Waals surface area contributed by atoms with Crippen LogP contribution in [0.5, 0.6) is 0 Å². The molecule has 1 saturated heterocycles. The van der Waals surface area contributed by atoms with E-state index in [1.807, 2.05) is 23.1 Å². The molecular weight excluding hydrogens is 426 g/mol. The first-order chi connectivity index (χ1) is 9.49. The molecule has 0 amide bonds. The third-order valence-electron chi connectivity index (χ3n) is 3.38. The van der Waals surface area contributed by atoms with Gasteiger partial charge in [0.25, 0.3) is 0 Å². The van der Waals surface area contributed by atoms with E-state index in [0.29, 0.717) is 5.75 Å². The van der Waals surface area contributed by atoms with Gasteiger partial charge in [-0.15, -0.1) is 0 Å². The minimum absolute atomic E-state index is 0.186. The molecule has 0 aromatic heterocycles. The van der Waals surface area contributed by atoms with Crippen molar-refractivity contribution in [1.29, 1.82) is 0 Å². The van der Waals surface area contributed by atoms with Crippen molar-refractivity contribution in [3.63, 3.8) is 0 Å². The number of benzene rings is 1. The Labute approximate surface area is 141 Å². The molecule has 112 valence electrons. The monoisotopic (exact) mass is 441 g/mol. The minimum atomic E-state index is -3.08. The van der Waals surface area contributed by atoms with Crippen molar-refractivity contribution in [3.8, 4) is 0 Å². The lowest BCUT2D eigenvalue weighted by atomic mass is 10.2. The highest BCUT2D eigenvalue weighted by atomic mass is 79.9. The molecule has 0 radical (unpaired) electrons. The summed E-state index contributed by atoms with van der Waals surface area (Å²) in [5, 5.41) is 0.371. The number of hydrogen-bond donors (Lipinski definition) is 0. The summed E-state index contributed by atoms with van der Waals surface area (Å²) in [5.74, 6) is 1.79. The van der Waals surface area contributed by atoms with Crippen molar-refractivity contribution in [2.75, 3.05) is 28.7 Å². The molecule has 1 aromatic rings. The Kier molecular flexibility index (Phi) is 5.85. The molecule has 7 heteroatoms. The third-order valence-corrected chi connectivity index (χ3v) is 7.95. The van der Waals surface area contributed by atoms with Gasteiger partial charge < -0.3 is 4.90 Å². The van der Waals surface area contributed by atoms with E-state index < -0.39 is 15.2 Å². The van der Waals surface area contributed by atoms with Crippen LogP contribution in [0.1, 0.15) is 12.5 Å². The Bertz CT molecular complexity index is 578. The average molecular weight is 443 g/mol. The van der Waals surface area contributed by atoms with Crippen molar-refractivity contribution < 1.29 is 8.42 Å². The standard InChI is InChI=1S/C13H17Br2NO2S2/c1-2-20(17,18)13-9-19-6-5-16(13)12-4-3-10(8-14)7-11(12)15/h3-4,7,13H,2,5-6,8-9H2,1H3. The van der Waals surface area contributed by atoms with Crippen LogP contribution >= 0.6 is 43.6 Å². The van der Waals surface area contributed by atoms with Gasteiger partial charge in [0.1, 0.15) is 5.37 Å². The van der Waals surface area contributed by atoms with E-state index in [4.69, 9.17) is 0 Å². The van der Waals surface area contributed by atoms with Gasteiger partial charge in [-0.3, -0.25) is 0 Å².